The van der Waals surface area contributed by atoms with Gasteiger partial charge in [0, 0.05) is 41.3 Å². The molecule has 0 saturated heterocycles. The lowest BCUT2D eigenvalue weighted by molar-refractivity contribution is -0.119. The van der Waals surface area contributed by atoms with Crippen LogP contribution in [0, 0.1) is 10.8 Å². The van der Waals surface area contributed by atoms with Crippen molar-refractivity contribution in [1.82, 2.24) is 5.32 Å². The Labute approximate surface area is 222 Å². The Balaban J connectivity index is 1.58. The number of halogens is 2. The van der Waals surface area contributed by atoms with Crippen molar-refractivity contribution in [1.29, 1.82) is 0 Å². The fourth-order valence-electron chi connectivity index (χ4n) is 5.84. The molecule has 0 fully saturated rings. The largest absolute Gasteiger partial charge is 0.486 e. The lowest BCUT2D eigenvalue weighted by Gasteiger charge is -2.44. The average Bonchev–Trinajstić information content (AvgIpc) is 2.76. The van der Waals surface area contributed by atoms with Crippen LogP contribution in [0.2, 0.25) is 10.0 Å². The third-order valence-corrected chi connectivity index (χ3v) is 7.86. The maximum atomic E-state index is 13.5. The van der Waals surface area contributed by atoms with Crippen LogP contribution in [0.3, 0.4) is 0 Å². The zero-order chi connectivity index (χ0) is 25.8. The van der Waals surface area contributed by atoms with Crippen LogP contribution in [-0.4, -0.2) is 11.6 Å². The lowest BCUT2D eigenvalue weighted by Crippen LogP contribution is -2.42. The number of hydrogen-bond donors (Lipinski definition) is 1. The number of dihydropyridines is 1. The van der Waals surface area contributed by atoms with Gasteiger partial charge in [-0.15, -0.1) is 0 Å². The molecule has 0 aromatic heterocycles. The van der Waals surface area contributed by atoms with Gasteiger partial charge in [-0.1, -0.05) is 81.2 Å². The molecule has 2 aromatic rings. The third-order valence-electron chi connectivity index (χ3n) is 7.30. The van der Waals surface area contributed by atoms with Crippen molar-refractivity contribution in [2.75, 3.05) is 0 Å². The molecule has 0 amide bonds. The minimum Gasteiger partial charge on any atom is -0.486 e. The van der Waals surface area contributed by atoms with Crippen LogP contribution >= 0.6 is 23.2 Å². The number of carbonyl (C=O) groups excluding carboxylic acids is 2. The van der Waals surface area contributed by atoms with E-state index in [0.29, 0.717) is 46.4 Å². The van der Waals surface area contributed by atoms with Crippen molar-refractivity contribution < 1.29 is 14.3 Å². The van der Waals surface area contributed by atoms with Crippen LogP contribution in [0.1, 0.15) is 70.4 Å². The number of allylic oxidation sites excluding steroid dienone is 4. The van der Waals surface area contributed by atoms with Crippen molar-refractivity contribution in [3.05, 3.63) is 86.2 Å². The number of carbonyl (C=O) groups is 2. The second-order valence-electron chi connectivity index (χ2n) is 11.8. The maximum Gasteiger partial charge on any atom is 0.162 e. The van der Waals surface area contributed by atoms with Gasteiger partial charge in [0.15, 0.2) is 17.3 Å². The topological polar surface area (TPSA) is 55.4 Å². The normalized spacial score (nSPS) is 21.2. The van der Waals surface area contributed by atoms with Crippen molar-refractivity contribution in [2.45, 2.75) is 65.9 Å². The summed E-state index contributed by atoms with van der Waals surface area (Å²) in [6, 6.07) is 13.4. The van der Waals surface area contributed by atoms with Gasteiger partial charge in [-0.05, 0) is 46.9 Å². The molecule has 188 valence electrons. The summed E-state index contributed by atoms with van der Waals surface area (Å²) in [5, 5.41) is 4.26. The number of rotatable bonds is 4. The van der Waals surface area contributed by atoms with Gasteiger partial charge in [0.2, 0.25) is 0 Å². The van der Waals surface area contributed by atoms with Crippen LogP contribution in [0.5, 0.6) is 5.75 Å². The summed E-state index contributed by atoms with van der Waals surface area (Å²) in [4.78, 5) is 27.0. The van der Waals surface area contributed by atoms with Gasteiger partial charge in [-0.25, -0.2) is 0 Å². The summed E-state index contributed by atoms with van der Waals surface area (Å²) < 4.78 is 5.97. The van der Waals surface area contributed by atoms with E-state index in [0.717, 1.165) is 35.4 Å². The molecule has 0 spiro atoms. The van der Waals surface area contributed by atoms with Crippen LogP contribution in [0.25, 0.3) is 0 Å². The van der Waals surface area contributed by atoms with Crippen molar-refractivity contribution >= 4 is 34.8 Å². The molecule has 0 bridgehead atoms. The Morgan fingerprint density at radius 3 is 1.83 bits per heavy atom. The maximum absolute atomic E-state index is 13.5. The van der Waals surface area contributed by atoms with Crippen LogP contribution in [-0.2, 0) is 16.2 Å². The molecule has 1 N–H and O–H groups in total. The monoisotopic (exact) mass is 523 g/mol. The van der Waals surface area contributed by atoms with Crippen molar-refractivity contribution in [3.8, 4) is 5.75 Å². The van der Waals surface area contributed by atoms with Gasteiger partial charge in [0.1, 0.15) is 6.61 Å². The Morgan fingerprint density at radius 2 is 1.33 bits per heavy atom. The number of ketones is 2. The molecule has 3 aliphatic rings. The summed E-state index contributed by atoms with van der Waals surface area (Å²) in [6.45, 7) is 8.77. The number of ether oxygens (including phenoxy) is 1. The molecule has 4 nitrogen and oxygen atoms in total. The highest BCUT2D eigenvalue weighted by Gasteiger charge is 2.46. The molecule has 6 heteroatoms. The molecule has 2 aromatic carbocycles. The molecule has 0 unspecified atom stereocenters. The van der Waals surface area contributed by atoms with E-state index in [1.54, 1.807) is 12.1 Å². The SMILES string of the molecule is CC1(C)CC(=O)C2=C(C1)NC1=C(C(=O)CC(C)(C)C1)C2c1cc(Cl)c(OCc2ccccc2)c(Cl)c1. The van der Waals surface area contributed by atoms with E-state index < -0.39 is 5.92 Å². The molecule has 1 heterocycles. The minimum absolute atomic E-state index is 0.0691. The van der Waals surface area contributed by atoms with E-state index in [2.05, 4.69) is 33.0 Å². The first-order chi connectivity index (χ1) is 16.9. The molecule has 5 rings (SSSR count). The molecule has 0 atom stereocenters. The first-order valence-electron chi connectivity index (χ1n) is 12.4. The second kappa shape index (κ2) is 9.08. The van der Waals surface area contributed by atoms with E-state index in [4.69, 9.17) is 27.9 Å². The predicted octanol–water partition coefficient (Wildman–Crippen LogP) is 7.55. The second-order valence-corrected chi connectivity index (χ2v) is 12.6. The molecule has 0 radical (unpaired) electrons. The molecule has 1 aliphatic heterocycles. The van der Waals surface area contributed by atoms with Gasteiger partial charge in [0.05, 0.1) is 10.0 Å². The van der Waals surface area contributed by atoms with Crippen molar-refractivity contribution in [2.24, 2.45) is 10.8 Å². The Morgan fingerprint density at radius 1 is 0.833 bits per heavy atom. The summed E-state index contributed by atoms with van der Waals surface area (Å²) in [5.41, 5.74) is 4.64. The highest BCUT2D eigenvalue weighted by atomic mass is 35.5. The van der Waals surface area contributed by atoms with E-state index in [-0.39, 0.29) is 22.4 Å². The zero-order valence-electron chi connectivity index (χ0n) is 21.1. The Bertz CT molecular complexity index is 1250. The van der Waals surface area contributed by atoms with Crippen LogP contribution in [0.15, 0.2) is 65.0 Å². The predicted molar refractivity (Wildman–Crippen MR) is 143 cm³/mol. The Kier molecular flexibility index (Phi) is 6.33. The van der Waals surface area contributed by atoms with E-state index in [1.165, 1.54) is 0 Å². The van der Waals surface area contributed by atoms with E-state index in [9.17, 15) is 9.59 Å². The summed E-state index contributed by atoms with van der Waals surface area (Å²) in [7, 11) is 0. The first kappa shape index (κ1) is 25.1. The number of nitrogens with one attached hydrogen (secondary N) is 1. The Hall–Kier alpha value is -2.56. The van der Waals surface area contributed by atoms with Gasteiger partial charge in [-0.2, -0.15) is 0 Å². The minimum atomic E-state index is -0.485. The molecular formula is C30H31Cl2NO3. The number of Topliss-reactive ketones (excluding diaryl/α,β-unsaturated/α-hetero) is 2. The standard InChI is InChI=1S/C30H31Cl2NO3/c1-29(2)12-21-26(23(34)14-29)25(27-22(33-21)13-30(3,4)15-24(27)35)18-10-19(31)28(20(32)11-18)36-16-17-8-6-5-7-9-17/h5-11,25,33H,12-16H2,1-4H3. The van der Waals surface area contributed by atoms with Gasteiger partial charge in [-0.3, -0.25) is 9.59 Å². The quantitative estimate of drug-likeness (QED) is 0.449. The fraction of sp³-hybridized carbons (Fsp3) is 0.400. The average molecular weight is 524 g/mol. The van der Waals surface area contributed by atoms with Crippen LogP contribution in [0.4, 0.5) is 0 Å². The van der Waals surface area contributed by atoms with Crippen LogP contribution < -0.4 is 10.1 Å². The molecule has 2 aliphatic carbocycles. The molecule has 0 saturated carbocycles. The van der Waals surface area contributed by atoms with E-state index >= 15 is 0 Å². The lowest BCUT2D eigenvalue weighted by atomic mass is 9.64. The number of hydrogen-bond acceptors (Lipinski definition) is 4. The van der Waals surface area contributed by atoms with Gasteiger partial charge >= 0.3 is 0 Å². The molecule has 36 heavy (non-hydrogen) atoms. The first-order valence-corrected chi connectivity index (χ1v) is 13.1. The highest BCUT2D eigenvalue weighted by molar-refractivity contribution is 6.37. The van der Waals surface area contributed by atoms with Gasteiger partial charge in [0.25, 0.3) is 0 Å². The van der Waals surface area contributed by atoms with Crippen molar-refractivity contribution in [3.63, 3.8) is 0 Å². The summed E-state index contributed by atoms with van der Waals surface area (Å²) in [5.74, 6) is 0.0521. The smallest absolute Gasteiger partial charge is 0.162 e. The van der Waals surface area contributed by atoms with E-state index in [1.807, 2.05) is 30.3 Å². The highest BCUT2D eigenvalue weighted by Crippen LogP contribution is 2.52. The fourth-order valence-corrected chi connectivity index (χ4v) is 6.45. The third kappa shape index (κ3) is 4.73. The summed E-state index contributed by atoms with van der Waals surface area (Å²) in [6.07, 6.45) is 2.36. The summed E-state index contributed by atoms with van der Waals surface area (Å²) >= 11 is 13.4. The van der Waals surface area contributed by atoms with Gasteiger partial charge < -0.3 is 10.1 Å². The zero-order valence-corrected chi connectivity index (χ0v) is 22.6. The molecular weight excluding hydrogens is 493 g/mol. The number of benzene rings is 2.